The van der Waals surface area contributed by atoms with Gasteiger partial charge in [-0.3, -0.25) is 0 Å². The molecule has 156 valence electrons. The summed E-state index contributed by atoms with van der Waals surface area (Å²) < 4.78 is 2.35. The number of para-hydroxylation sites is 2. The average molecular weight is 447 g/mol. The lowest BCUT2D eigenvalue weighted by molar-refractivity contribution is 0.663. The molecule has 0 atom stereocenters. The Labute approximate surface area is 193 Å². The van der Waals surface area contributed by atoms with Gasteiger partial charge in [-0.1, -0.05) is 59.6 Å². The van der Waals surface area contributed by atoms with E-state index in [-0.39, 0.29) is 0 Å². The zero-order valence-corrected chi connectivity index (χ0v) is 19.0. The van der Waals surface area contributed by atoms with Gasteiger partial charge in [-0.2, -0.15) is 0 Å². The van der Waals surface area contributed by atoms with E-state index in [2.05, 4.69) is 83.3 Å². The van der Waals surface area contributed by atoms with Crippen LogP contribution in [0.5, 0.6) is 0 Å². The Balaban J connectivity index is 1.78. The molecule has 1 aliphatic rings. The first-order valence-electron chi connectivity index (χ1n) is 10.7. The fraction of sp³-hybridized carbons (Fsp3) is 0.185. The molecule has 0 bridgehead atoms. The molecule has 0 unspecified atom stereocenters. The van der Waals surface area contributed by atoms with Gasteiger partial charge >= 0.3 is 0 Å². The summed E-state index contributed by atoms with van der Waals surface area (Å²) in [5.41, 5.74) is 8.22. The Kier molecular flexibility index (Phi) is 5.52. The van der Waals surface area contributed by atoms with Crippen molar-refractivity contribution in [2.45, 2.75) is 32.6 Å². The van der Waals surface area contributed by atoms with Gasteiger partial charge in [0.1, 0.15) is 0 Å². The maximum atomic E-state index is 6.79. The van der Waals surface area contributed by atoms with Crippen LogP contribution in [0.3, 0.4) is 0 Å². The van der Waals surface area contributed by atoms with Crippen molar-refractivity contribution in [2.24, 2.45) is 0 Å². The van der Waals surface area contributed by atoms with Gasteiger partial charge in [0.05, 0.1) is 21.4 Å². The Bertz CT molecular complexity index is 1210. The number of hydrogen-bond donors (Lipinski definition) is 0. The number of rotatable bonds is 4. The van der Waals surface area contributed by atoms with E-state index in [1.165, 1.54) is 35.5 Å². The second kappa shape index (κ2) is 8.45. The summed E-state index contributed by atoms with van der Waals surface area (Å²) >= 11 is 13.3. The number of hydrogen-bond acceptors (Lipinski definition) is 1. The fourth-order valence-corrected chi connectivity index (χ4v) is 5.04. The zero-order chi connectivity index (χ0) is 21.4. The van der Waals surface area contributed by atoms with Gasteiger partial charge in [-0.05, 0) is 80.1 Å². The largest absolute Gasteiger partial charge is 0.318 e. The molecule has 31 heavy (non-hydrogen) atoms. The molecule has 0 fully saturated rings. The van der Waals surface area contributed by atoms with Crippen LogP contribution in [0.15, 0.2) is 79.0 Å². The van der Waals surface area contributed by atoms with Crippen molar-refractivity contribution >= 4 is 40.3 Å². The SMILES string of the molecule is Cc1cc(Cl)c(Cl)c(N(c2ccccc2)c2cn(-c3ccccc3)c3c2CCCC3)c1. The highest BCUT2D eigenvalue weighted by molar-refractivity contribution is 6.44. The topological polar surface area (TPSA) is 8.17 Å². The predicted octanol–water partition coefficient (Wildman–Crippen LogP) is 8.44. The molecule has 4 aromatic rings. The zero-order valence-electron chi connectivity index (χ0n) is 17.5. The lowest BCUT2D eigenvalue weighted by Crippen LogP contribution is -2.13. The van der Waals surface area contributed by atoms with E-state index in [1.54, 1.807) is 0 Å². The maximum Gasteiger partial charge on any atom is 0.0833 e. The molecule has 3 aromatic carbocycles. The monoisotopic (exact) mass is 446 g/mol. The number of aryl methyl sites for hydroxylation is 1. The number of benzene rings is 3. The third-order valence-corrected chi connectivity index (χ3v) is 6.77. The molecule has 4 heteroatoms. The fourth-order valence-electron chi connectivity index (χ4n) is 4.57. The summed E-state index contributed by atoms with van der Waals surface area (Å²) in [6, 6.07) is 25.0. The molecule has 5 rings (SSSR count). The smallest absolute Gasteiger partial charge is 0.0833 e. The highest BCUT2D eigenvalue weighted by atomic mass is 35.5. The Morgan fingerprint density at radius 1 is 0.806 bits per heavy atom. The van der Waals surface area contributed by atoms with Gasteiger partial charge in [0, 0.05) is 23.3 Å². The minimum atomic E-state index is 0.577. The number of anilines is 3. The summed E-state index contributed by atoms with van der Waals surface area (Å²) in [6.07, 6.45) is 6.82. The molecule has 0 radical (unpaired) electrons. The Hall–Kier alpha value is -2.68. The van der Waals surface area contributed by atoms with Crippen LogP contribution in [-0.2, 0) is 12.8 Å². The number of aromatic nitrogens is 1. The molecule has 0 aliphatic heterocycles. The minimum Gasteiger partial charge on any atom is -0.318 e. The van der Waals surface area contributed by atoms with Gasteiger partial charge in [0.25, 0.3) is 0 Å². The lowest BCUT2D eigenvalue weighted by Gasteiger charge is -2.28. The number of nitrogens with zero attached hydrogens (tertiary/aromatic N) is 2. The van der Waals surface area contributed by atoms with Crippen molar-refractivity contribution in [2.75, 3.05) is 4.90 Å². The van der Waals surface area contributed by atoms with E-state index in [4.69, 9.17) is 23.2 Å². The van der Waals surface area contributed by atoms with Gasteiger partial charge < -0.3 is 9.47 Å². The quantitative estimate of drug-likeness (QED) is 0.305. The minimum absolute atomic E-state index is 0.577. The summed E-state index contributed by atoms with van der Waals surface area (Å²) in [7, 11) is 0. The molecule has 2 nitrogen and oxygen atoms in total. The molecular weight excluding hydrogens is 423 g/mol. The summed E-state index contributed by atoms with van der Waals surface area (Å²) in [6.45, 7) is 2.06. The normalized spacial score (nSPS) is 13.1. The second-order valence-corrected chi connectivity index (χ2v) is 8.89. The van der Waals surface area contributed by atoms with Crippen LogP contribution in [0.25, 0.3) is 5.69 Å². The molecule has 0 spiro atoms. The molecule has 0 amide bonds. The first-order valence-corrected chi connectivity index (χ1v) is 11.5. The van der Waals surface area contributed by atoms with Crippen molar-refractivity contribution in [1.82, 2.24) is 4.57 Å². The molecule has 0 N–H and O–H groups in total. The van der Waals surface area contributed by atoms with Crippen LogP contribution in [0.2, 0.25) is 10.0 Å². The van der Waals surface area contributed by atoms with Crippen LogP contribution in [0.4, 0.5) is 17.1 Å². The van der Waals surface area contributed by atoms with E-state index in [1.807, 2.05) is 12.1 Å². The van der Waals surface area contributed by atoms with Crippen LogP contribution in [0, 0.1) is 6.92 Å². The molecule has 0 saturated carbocycles. The summed E-state index contributed by atoms with van der Waals surface area (Å²) in [5, 5.41) is 1.15. The van der Waals surface area contributed by atoms with Crippen molar-refractivity contribution in [1.29, 1.82) is 0 Å². The van der Waals surface area contributed by atoms with Crippen LogP contribution in [-0.4, -0.2) is 4.57 Å². The maximum absolute atomic E-state index is 6.79. The first kappa shape index (κ1) is 20.2. The molecule has 1 heterocycles. The van der Waals surface area contributed by atoms with Crippen molar-refractivity contribution in [3.63, 3.8) is 0 Å². The van der Waals surface area contributed by atoms with Crippen molar-refractivity contribution in [3.05, 3.63) is 106 Å². The van der Waals surface area contributed by atoms with Crippen LogP contribution in [0.1, 0.15) is 29.7 Å². The average Bonchev–Trinajstić information content (AvgIpc) is 3.18. The highest BCUT2D eigenvalue weighted by Crippen LogP contribution is 2.46. The standard InChI is InChI=1S/C27H24Cl2N2/c1-19-16-23(28)27(29)25(17-19)31(21-12-6-3-7-13-21)26-18-30(20-10-4-2-5-11-20)24-15-9-8-14-22(24)26/h2-7,10-13,16-18H,8-9,14-15H2,1H3. The lowest BCUT2D eigenvalue weighted by atomic mass is 9.96. The van der Waals surface area contributed by atoms with Crippen molar-refractivity contribution < 1.29 is 0 Å². The third kappa shape index (κ3) is 3.75. The van der Waals surface area contributed by atoms with Gasteiger partial charge in [-0.15, -0.1) is 0 Å². The van der Waals surface area contributed by atoms with Crippen LogP contribution >= 0.6 is 23.2 Å². The number of halogens is 2. The van der Waals surface area contributed by atoms with E-state index in [0.717, 1.165) is 29.8 Å². The predicted molar refractivity (Wildman–Crippen MR) is 132 cm³/mol. The number of fused-ring (bicyclic) bond motifs is 1. The van der Waals surface area contributed by atoms with E-state index in [9.17, 15) is 0 Å². The molecular formula is C27H24Cl2N2. The van der Waals surface area contributed by atoms with Gasteiger partial charge in [0.2, 0.25) is 0 Å². The molecule has 0 saturated heterocycles. The van der Waals surface area contributed by atoms with Gasteiger partial charge in [0.15, 0.2) is 0 Å². The first-order chi connectivity index (χ1) is 15.1. The second-order valence-electron chi connectivity index (χ2n) is 8.10. The Morgan fingerprint density at radius 3 is 2.23 bits per heavy atom. The van der Waals surface area contributed by atoms with Gasteiger partial charge in [-0.25, -0.2) is 0 Å². The van der Waals surface area contributed by atoms with Crippen molar-refractivity contribution in [3.8, 4) is 5.69 Å². The van der Waals surface area contributed by atoms with E-state index in [0.29, 0.717) is 10.0 Å². The third-order valence-electron chi connectivity index (χ3n) is 5.97. The molecule has 1 aliphatic carbocycles. The Morgan fingerprint density at radius 2 is 1.48 bits per heavy atom. The highest BCUT2D eigenvalue weighted by Gasteiger charge is 2.26. The van der Waals surface area contributed by atoms with Crippen LogP contribution < -0.4 is 4.90 Å². The van der Waals surface area contributed by atoms with E-state index >= 15 is 0 Å². The summed E-state index contributed by atoms with van der Waals surface area (Å²) in [5.74, 6) is 0. The van der Waals surface area contributed by atoms with E-state index < -0.39 is 0 Å². The molecule has 1 aromatic heterocycles. The summed E-state index contributed by atoms with van der Waals surface area (Å²) in [4.78, 5) is 2.27.